The Labute approximate surface area is 121 Å². The fourth-order valence-corrected chi connectivity index (χ4v) is 2.59. The molecule has 0 saturated heterocycles. The molecule has 2 N–H and O–H groups in total. The zero-order valence-corrected chi connectivity index (χ0v) is 11.9. The van der Waals surface area contributed by atoms with Crippen molar-refractivity contribution in [1.82, 2.24) is 0 Å². The Morgan fingerprint density at radius 2 is 2.10 bits per heavy atom. The van der Waals surface area contributed by atoms with Crippen LogP contribution in [0.25, 0.3) is 0 Å². The van der Waals surface area contributed by atoms with E-state index in [0.717, 1.165) is 12.1 Å². The van der Waals surface area contributed by atoms with Crippen molar-refractivity contribution >= 4 is 21.7 Å². The molecule has 0 saturated carbocycles. The van der Waals surface area contributed by atoms with E-state index >= 15 is 0 Å². The molecule has 0 amide bonds. The van der Waals surface area contributed by atoms with E-state index in [9.17, 15) is 13.2 Å². The number of ether oxygens (including phenoxy) is 1. The van der Waals surface area contributed by atoms with Crippen LogP contribution in [0.15, 0.2) is 45.9 Å². The van der Waals surface area contributed by atoms with E-state index in [1.807, 2.05) is 6.92 Å². The first-order valence-electron chi connectivity index (χ1n) is 6.01. The molecule has 2 rings (SSSR count). The van der Waals surface area contributed by atoms with Crippen molar-refractivity contribution < 1.29 is 27.5 Å². The molecule has 0 aliphatic carbocycles. The van der Waals surface area contributed by atoms with Crippen LogP contribution in [-0.4, -0.2) is 26.1 Å². The number of carboxylic acids is 1. The molecule has 0 spiro atoms. The number of aromatic carboxylic acids is 1. The van der Waals surface area contributed by atoms with Crippen LogP contribution >= 0.6 is 0 Å². The molecule has 0 fully saturated rings. The summed E-state index contributed by atoms with van der Waals surface area (Å²) in [6, 6.07) is 8.54. The molecule has 0 radical (unpaired) electrons. The Bertz CT molecular complexity index is 750. The molecular weight excluding hydrogens is 298 g/mol. The van der Waals surface area contributed by atoms with Gasteiger partial charge in [-0.1, -0.05) is 6.07 Å². The SMILES string of the molecule is CCOc1cccc(NS(=O)(=O)c2ccc(C(=O)O)o2)c1. The molecular formula is C13H13NO6S. The van der Waals surface area contributed by atoms with Gasteiger partial charge in [0, 0.05) is 6.07 Å². The van der Waals surface area contributed by atoms with E-state index < -0.39 is 26.8 Å². The average Bonchev–Trinajstić information content (AvgIpc) is 2.89. The lowest BCUT2D eigenvalue weighted by atomic mass is 10.3. The topological polar surface area (TPSA) is 106 Å². The second kappa shape index (κ2) is 5.88. The molecule has 1 aromatic carbocycles. The Morgan fingerprint density at radius 3 is 2.71 bits per heavy atom. The molecule has 0 bridgehead atoms. The van der Waals surface area contributed by atoms with Crippen LogP contribution in [-0.2, 0) is 10.0 Å². The van der Waals surface area contributed by atoms with Gasteiger partial charge >= 0.3 is 5.97 Å². The highest BCUT2D eigenvalue weighted by Gasteiger charge is 2.21. The van der Waals surface area contributed by atoms with Gasteiger partial charge < -0.3 is 14.3 Å². The number of sulfonamides is 1. The Balaban J connectivity index is 2.24. The van der Waals surface area contributed by atoms with Crippen LogP contribution < -0.4 is 9.46 Å². The lowest BCUT2D eigenvalue weighted by Gasteiger charge is -2.08. The van der Waals surface area contributed by atoms with Gasteiger partial charge in [-0.3, -0.25) is 4.72 Å². The smallest absolute Gasteiger partial charge is 0.371 e. The summed E-state index contributed by atoms with van der Waals surface area (Å²) in [7, 11) is -3.99. The van der Waals surface area contributed by atoms with Gasteiger partial charge in [-0.25, -0.2) is 4.79 Å². The van der Waals surface area contributed by atoms with E-state index in [0.29, 0.717) is 12.4 Å². The van der Waals surface area contributed by atoms with Crippen molar-refractivity contribution in [3.8, 4) is 5.75 Å². The maximum Gasteiger partial charge on any atom is 0.371 e. The quantitative estimate of drug-likeness (QED) is 0.847. The summed E-state index contributed by atoms with van der Waals surface area (Å²) >= 11 is 0. The van der Waals surface area contributed by atoms with Crippen molar-refractivity contribution in [3.63, 3.8) is 0 Å². The van der Waals surface area contributed by atoms with Crippen LogP contribution in [0, 0.1) is 0 Å². The summed E-state index contributed by atoms with van der Waals surface area (Å²) in [6.07, 6.45) is 0. The normalized spacial score (nSPS) is 11.1. The molecule has 0 unspecified atom stereocenters. The van der Waals surface area contributed by atoms with Crippen LogP contribution in [0.1, 0.15) is 17.5 Å². The molecule has 0 aliphatic heterocycles. The molecule has 7 nitrogen and oxygen atoms in total. The fourth-order valence-electron chi connectivity index (χ4n) is 1.60. The van der Waals surface area contributed by atoms with Crippen molar-refractivity contribution in [1.29, 1.82) is 0 Å². The standard InChI is InChI=1S/C13H13NO6S/c1-2-19-10-5-3-4-9(8-10)14-21(17,18)12-7-6-11(20-12)13(15)16/h3-8,14H,2H2,1H3,(H,15,16). The molecule has 0 atom stereocenters. The molecule has 112 valence electrons. The third-order valence-electron chi connectivity index (χ3n) is 2.45. The molecule has 8 heteroatoms. The van der Waals surface area contributed by atoms with Gasteiger partial charge in [-0.2, -0.15) is 8.42 Å². The highest BCUT2D eigenvalue weighted by atomic mass is 32.2. The number of anilines is 1. The van der Waals surface area contributed by atoms with Gasteiger partial charge in [0.25, 0.3) is 10.0 Å². The largest absolute Gasteiger partial charge is 0.494 e. The highest BCUT2D eigenvalue weighted by molar-refractivity contribution is 7.92. The van der Waals surface area contributed by atoms with Gasteiger partial charge in [0.05, 0.1) is 12.3 Å². The molecule has 1 heterocycles. The highest BCUT2D eigenvalue weighted by Crippen LogP contribution is 2.22. The summed E-state index contributed by atoms with van der Waals surface area (Å²) in [5, 5.41) is 8.25. The van der Waals surface area contributed by atoms with Gasteiger partial charge in [-0.05, 0) is 31.2 Å². The molecule has 1 aromatic heterocycles. The van der Waals surface area contributed by atoms with Crippen molar-refractivity contribution in [2.24, 2.45) is 0 Å². The summed E-state index contributed by atoms with van der Waals surface area (Å²) in [4.78, 5) is 10.7. The summed E-state index contributed by atoms with van der Waals surface area (Å²) < 4.78 is 36.5. The summed E-state index contributed by atoms with van der Waals surface area (Å²) in [6.45, 7) is 2.27. The van der Waals surface area contributed by atoms with E-state index in [1.54, 1.807) is 18.2 Å². The number of furan rings is 1. The number of rotatable bonds is 6. The minimum Gasteiger partial charge on any atom is -0.494 e. The zero-order valence-electron chi connectivity index (χ0n) is 11.1. The first kappa shape index (κ1) is 14.9. The van der Waals surface area contributed by atoms with E-state index in [2.05, 4.69) is 4.72 Å². The van der Waals surface area contributed by atoms with Crippen LogP contribution in [0.4, 0.5) is 5.69 Å². The summed E-state index contributed by atoms with van der Waals surface area (Å²) in [5.74, 6) is -1.27. The maximum absolute atomic E-state index is 12.1. The van der Waals surface area contributed by atoms with Crippen LogP contribution in [0.3, 0.4) is 0 Å². The Kier molecular flexibility index (Phi) is 4.18. The number of carboxylic acid groups (broad SMARTS) is 1. The number of benzene rings is 1. The third kappa shape index (κ3) is 3.54. The van der Waals surface area contributed by atoms with Crippen molar-refractivity contribution in [2.75, 3.05) is 11.3 Å². The number of nitrogens with one attached hydrogen (secondary N) is 1. The average molecular weight is 311 g/mol. The van der Waals surface area contributed by atoms with E-state index in [4.69, 9.17) is 14.3 Å². The predicted molar refractivity (Wildman–Crippen MR) is 74.1 cm³/mol. The minimum atomic E-state index is -3.99. The molecule has 0 aliphatic rings. The Morgan fingerprint density at radius 1 is 1.33 bits per heavy atom. The fraction of sp³-hybridized carbons (Fsp3) is 0.154. The first-order valence-corrected chi connectivity index (χ1v) is 7.49. The second-order valence-corrected chi connectivity index (χ2v) is 5.60. The summed E-state index contributed by atoms with van der Waals surface area (Å²) in [5.41, 5.74) is 0.286. The van der Waals surface area contributed by atoms with Gasteiger partial charge in [-0.15, -0.1) is 0 Å². The van der Waals surface area contributed by atoms with Gasteiger partial charge in [0.2, 0.25) is 10.9 Å². The van der Waals surface area contributed by atoms with Crippen molar-refractivity contribution in [3.05, 3.63) is 42.2 Å². The van der Waals surface area contributed by atoms with E-state index in [1.165, 1.54) is 6.07 Å². The zero-order chi connectivity index (χ0) is 15.5. The monoisotopic (exact) mass is 311 g/mol. The Hall–Kier alpha value is -2.48. The minimum absolute atomic E-state index is 0.286. The second-order valence-electron chi connectivity index (χ2n) is 3.99. The van der Waals surface area contributed by atoms with E-state index in [-0.39, 0.29) is 5.69 Å². The number of carbonyl (C=O) groups is 1. The number of hydrogen-bond acceptors (Lipinski definition) is 5. The van der Waals surface area contributed by atoms with Gasteiger partial charge in [0.15, 0.2) is 0 Å². The van der Waals surface area contributed by atoms with Gasteiger partial charge in [0.1, 0.15) is 5.75 Å². The first-order chi connectivity index (χ1) is 9.92. The third-order valence-corrected chi connectivity index (χ3v) is 3.71. The van der Waals surface area contributed by atoms with Crippen LogP contribution in [0.5, 0.6) is 5.75 Å². The lowest BCUT2D eigenvalue weighted by molar-refractivity contribution is 0.0656. The van der Waals surface area contributed by atoms with Crippen molar-refractivity contribution in [2.45, 2.75) is 12.0 Å². The number of hydrogen-bond donors (Lipinski definition) is 2. The molecule has 21 heavy (non-hydrogen) atoms. The molecule has 2 aromatic rings. The predicted octanol–water partition coefficient (Wildman–Crippen LogP) is 2.18. The lowest BCUT2D eigenvalue weighted by Crippen LogP contribution is -2.12. The maximum atomic E-state index is 12.1. The van der Waals surface area contributed by atoms with Crippen LogP contribution in [0.2, 0.25) is 0 Å².